The first kappa shape index (κ1) is 6.54. The quantitative estimate of drug-likeness (QED) is 0.520. The Kier molecular flexibility index (Phi) is 1.29. The Morgan fingerprint density at radius 2 is 2.55 bits per heavy atom. The first-order chi connectivity index (χ1) is 5.27. The molecule has 2 rings (SSSR count). The van der Waals surface area contributed by atoms with Crippen molar-refractivity contribution in [2.45, 2.75) is 18.9 Å². The number of Topliss-reactive ketones (excluding diaryl/α,β-unsaturated/α-hetero) is 1. The van der Waals surface area contributed by atoms with Crippen molar-refractivity contribution in [1.29, 1.82) is 0 Å². The topological polar surface area (TPSA) is 71.8 Å². The number of fused-ring (bicyclic) bond motifs is 1. The second-order valence-electron chi connectivity index (χ2n) is 2.78. The molecule has 0 aromatic carbocycles. The number of imidazole rings is 1. The molecular formula is C7H9N3O. The van der Waals surface area contributed by atoms with Gasteiger partial charge in [-0.25, -0.2) is 4.98 Å². The minimum absolute atomic E-state index is 0.0988. The zero-order valence-corrected chi connectivity index (χ0v) is 6.00. The maximum Gasteiger partial charge on any atom is 0.155 e. The lowest BCUT2D eigenvalue weighted by Gasteiger charge is -2.14. The fourth-order valence-electron chi connectivity index (χ4n) is 1.31. The molecule has 1 unspecified atom stereocenters. The van der Waals surface area contributed by atoms with Gasteiger partial charge in [-0.05, 0) is 0 Å². The molecule has 4 nitrogen and oxygen atoms in total. The predicted molar refractivity (Wildman–Crippen MR) is 39.0 cm³/mol. The molecule has 0 bridgehead atoms. The summed E-state index contributed by atoms with van der Waals surface area (Å²) in [6, 6.07) is -0.342. The van der Waals surface area contributed by atoms with E-state index < -0.39 is 0 Å². The Hall–Kier alpha value is -1.16. The van der Waals surface area contributed by atoms with E-state index in [1.807, 2.05) is 0 Å². The second-order valence-corrected chi connectivity index (χ2v) is 2.78. The van der Waals surface area contributed by atoms with Gasteiger partial charge in [0.05, 0.1) is 18.1 Å². The number of aromatic nitrogens is 2. The minimum Gasteiger partial charge on any atom is -0.348 e. The minimum atomic E-state index is -0.342. The lowest BCUT2D eigenvalue weighted by atomic mass is 9.96. The molecular weight excluding hydrogens is 142 g/mol. The zero-order valence-electron chi connectivity index (χ0n) is 6.00. The van der Waals surface area contributed by atoms with Crippen molar-refractivity contribution in [3.8, 4) is 0 Å². The molecule has 0 radical (unpaired) electrons. The number of carbonyl (C=O) groups is 1. The summed E-state index contributed by atoms with van der Waals surface area (Å²) in [6.07, 6.45) is 2.60. The van der Waals surface area contributed by atoms with Gasteiger partial charge in [0.25, 0.3) is 0 Å². The van der Waals surface area contributed by atoms with E-state index in [0.29, 0.717) is 12.8 Å². The van der Waals surface area contributed by atoms with Crippen molar-refractivity contribution >= 4 is 5.78 Å². The summed E-state index contributed by atoms with van der Waals surface area (Å²) in [5.41, 5.74) is 7.42. The third-order valence-electron chi connectivity index (χ3n) is 1.99. The summed E-state index contributed by atoms with van der Waals surface area (Å²) in [6.45, 7) is 0. The van der Waals surface area contributed by atoms with E-state index in [4.69, 9.17) is 5.73 Å². The summed E-state index contributed by atoms with van der Waals surface area (Å²) in [5, 5.41) is 0. The van der Waals surface area contributed by atoms with Crippen molar-refractivity contribution in [3.05, 3.63) is 17.7 Å². The van der Waals surface area contributed by atoms with Gasteiger partial charge < -0.3 is 10.7 Å². The van der Waals surface area contributed by atoms with Crippen LogP contribution in [0.1, 0.15) is 11.4 Å². The van der Waals surface area contributed by atoms with Crippen LogP contribution in [-0.2, 0) is 17.6 Å². The van der Waals surface area contributed by atoms with E-state index in [-0.39, 0.29) is 11.8 Å². The molecule has 0 saturated carbocycles. The number of nitrogens with two attached hydrogens (primary N) is 1. The third-order valence-corrected chi connectivity index (χ3v) is 1.99. The molecule has 0 amide bonds. The summed E-state index contributed by atoms with van der Waals surface area (Å²) in [7, 11) is 0. The van der Waals surface area contributed by atoms with Crippen molar-refractivity contribution < 1.29 is 4.79 Å². The lowest BCUT2D eigenvalue weighted by molar-refractivity contribution is -0.120. The van der Waals surface area contributed by atoms with Gasteiger partial charge in [0.1, 0.15) is 0 Å². The van der Waals surface area contributed by atoms with Gasteiger partial charge in [0.15, 0.2) is 5.78 Å². The average molecular weight is 151 g/mol. The molecule has 0 aliphatic heterocycles. The highest BCUT2D eigenvalue weighted by atomic mass is 16.1. The SMILES string of the molecule is NC1Cc2nc[nH]c2CC1=O. The summed E-state index contributed by atoms with van der Waals surface area (Å²) >= 11 is 0. The molecule has 3 N–H and O–H groups in total. The van der Waals surface area contributed by atoms with E-state index in [1.54, 1.807) is 6.33 Å². The maximum atomic E-state index is 11.1. The highest BCUT2D eigenvalue weighted by Crippen LogP contribution is 2.13. The number of nitrogens with zero attached hydrogens (tertiary/aromatic N) is 1. The van der Waals surface area contributed by atoms with Crippen LogP contribution in [0.15, 0.2) is 6.33 Å². The molecule has 0 spiro atoms. The van der Waals surface area contributed by atoms with Gasteiger partial charge >= 0.3 is 0 Å². The fraction of sp³-hybridized carbons (Fsp3) is 0.429. The van der Waals surface area contributed by atoms with Gasteiger partial charge in [-0.3, -0.25) is 4.79 Å². The normalized spacial score (nSPS) is 23.4. The van der Waals surface area contributed by atoms with Crippen molar-refractivity contribution in [2.75, 3.05) is 0 Å². The molecule has 1 aliphatic carbocycles. The molecule has 1 atom stereocenters. The van der Waals surface area contributed by atoms with Crippen LogP contribution < -0.4 is 5.73 Å². The van der Waals surface area contributed by atoms with E-state index in [9.17, 15) is 4.79 Å². The number of hydrogen-bond acceptors (Lipinski definition) is 3. The molecule has 11 heavy (non-hydrogen) atoms. The molecule has 0 saturated heterocycles. The number of hydrogen-bond donors (Lipinski definition) is 2. The smallest absolute Gasteiger partial charge is 0.155 e. The largest absolute Gasteiger partial charge is 0.348 e. The number of carbonyl (C=O) groups excluding carboxylic acids is 1. The fourth-order valence-corrected chi connectivity index (χ4v) is 1.31. The Morgan fingerprint density at radius 1 is 1.73 bits per heavy atom. The van der Waals surface area contributed by atoms with Crippen molar-refractivity contribution in [3.63, 3.8) is 0 Å². The van der Waals surface area contributed by atoms with Crippen LogP contribution in [0.5, 0.6) is 0 Å². The van der Waals surface area contributed by atoms with Gasteiger partial charge in [-0.15, -0.1) is 0 Å². The Balaban J connectivity index is 2.37. The molecule has 58 valence electrons. The Morgan fingerprint density at radius 3 is 3.36 bits per heavy atom. The first-order valence-corrected chi connectivity index (χ1v) is 3.57. The van der Waals surface area contributed by atoms with Gasteiger partial charge in [-0.1, -0.05) is 0 Å². The number of H-pyrrole nitrogens is 1. The second kappa shape index (κ2) is 2.17. The highest BCUT2D eigenvalue weighted by Gasteiger charge is 2.24. The Bertz CT molecular complexity index is 292. The van der Waals surface area contributed by atoms with Gasteiger partial charge in [0.2, 0.25) is 0 Å². The Labute approximate surface area is 63.8 Å². The third kappa shape index (κ3) is 0.952. The van der Waals surface area contributed by atoms with Crippen LogP contribution in [0.4, 0.5) is 0 Å². The number of nitrogens with one attached hydrogen (secondary N) is 1. The van der Waals surface area contributed by atoms with Crippen LogP contribution >= 0.6 is 0 Å². The van der Waals surface area contributed by atoms with Crippen LogP contribution in [0.2, 0.25) is 0 Å². The predicted octanol–water partition coefficient (Wildman–Crippen LogP) is -0.595. The van der Waals surface area contributed by atoms with E-state index >= 15 is 0 Å². The molecule has 4 heteroatoms. The van der Waals surface area contributed by atoms with Crippen molar-refractivity contribution in [1.82, 2.24) is 9.97 Å². The highest BCUT2D eigenvalue weighted by molar-refractivity contribution is 5.87. The maximum absolute atomic E-state index is 11.1. The van der Waals surface area contributed by atoms with Gasteiger partial charge in [0, 0.05) is 18.5 Å². The number of aromatic amines is 1. The first-order valence-electron chi connectivity index (χ1n) is 3.57. The number of ketones is 1. The van der Waals surface area contributed by atoms with E-state index in [0.717, 1.165) is 11.4 Å². The van der Waals surface area contributed by atoms with Crippen LogP contribution in [-0.4, -0.2) is 21.8 Å². The van der Waals surface area contributed by atoms with Crippen LogP contribution in [0, 0.1) is 0 Å². The van der Waals surface area contributed by atoms with E-state index in [1.165, 1.54) is 0 Å². The summed E-state index contributed by atoms with van der Waals surface area (Å²) < 4.78 is 0. The summed E-state index contributed by atoms with van der Waals surface area (Å²) in [5.74, 6) is 0.0988. The zero-order chi connectivity index (χ0) is 7.84. The monoisotopic (exact) mass is 151 g/mol. The van der Waals surface area contributed by atoms with Gasteiger partial charge in [-0.2, -0.15) is 0 Å². The lowest BCUT2D eigenvalue weighted by Crippen LogP contribution is -2.37. The van der Waals surface area contributed by atoms with Crippen molar-refractivity contribution in [2.24, 2.45) is 5.73 Å². The van der Waals surface area contributed by atoms with E-state index in [2.05, 4.69) is 9.97 Å². The molecule has 1 aliphatic rings. The molecule has 1 aromatic rings. The molecule has 1 heterocycles. The van der Waals surface area contributed by atoms with Crippen LogP contribution in [0.25, 0.3) is 0 Å². The average Bonchev–Trinajstić information content (AvgIpc) is 2.36. The standard InChI is InChI=1S/C7H9N3O/c8-4-1-5-6(2-7(4)11)10-3-9-5/h3-4H,1-2,8H2,(H,9,10). The molecule has 0 fully saturated rings. The number of rotatable bonds is 0. The van der Waals surface area contributed by atoms with Crippen LogP contribution in [0.3, 0.4) is 0 Å². The summed E-state index contributed by atoms with van der Waals surface area (Å²) in [4.78, 5) is 18.1. The molecule has 1 aromatic heterocycles.